The number of nitrogens with one attached hydrogen (secondary N) is 1. The number of tetrazole rings is 1. The van der Waals surface area contributed by atoms with Crippen LogP contribution in [0.1, 0.15) is 56.7 Å². The average molecular weight is 380 g/mol. The second-order valence-electron chi connectivity index (χ2n) is 6.33. The SMILES string of the molecule is CC(NC(=O)CSc1nnnn1C1CCCCC1)c1cccc(Cl)c1. The molecule has 0 spiro atoms. The van der Waals surface area contributed by atoms with Crippen LogP contribution >= 0.6 is 23.4 Å². The summed E-state index contributed by atoms with van der Waals surface area (Å²) in [6, 6.07) is 7.78. The number of nitrogens with zero attached hydrogens (tertiary/aromatic N) is 4. The highest BCUT2D eigenvalue weighted by Crippen LogP contribution is 2.30. The van der Waals surface area contributed by atoms with Gasteiger partial charge in [-0.2, -0.15) is 0 Å². The van der Waals surface area contributed by atoms with E-state index in [1.54, 1.807) is 0 Å². The van der Waals surface area contributed by atoms with Crippen molar-refractivity contribution >= 4 is 29.3 Å². The molecule has 1 amide bonds. The lowest BCUT2D eigenvalue weighted by Gasteiger charge is -2.22. The Morgan fingerprint density at radius 3 is 2.96 bits per heavy atom. The summed E-state index contributed by atoms with van der Waals surface area (Å²) >= 11 is 7.39. The summed E-state index contributed by atoms with van der Waals surface area (Å²) in [4.78, 5) is 12.3. The summed E-state index contributed by atoms with van der Waals surface area (Å²) in [7, 11) is 0. The predicted octanol–water partition coefficient (Wildman–Crippen LogP) is 3.80. The van der Waals surface area contributed by atoms with Crippen molar-refractivity contribution in [3.05, 3.63) is 34.9 Å². The smallest absolute Gasteiger partial charge is 0.230 e. The number of carbonyl (C=O) groups is 1. The van der Waals surface area contributed by atoms with Crippen molar-refractivity contribution in [3.63, 3.8) is 0 Å². The molecule has 0 aliphatic heterocycles. The minimum Gasteiger partial charge on any atom is -0.349 e. The molecule has 8 heteroatoms. The Hall–Kier alpha value is -1.60. The van der Waals surface area contributed by atoms with Crippen LogP contribution in [0.4, 0.5) is 0 Å². The fraction of sp³-hybridized carbons (Fsp3) is 0.529. The van der Waals surface area contributed by atoms with E-state index in [0.717, 1.165) is 23.6 Å². The summed E-state index contributed by atoms with van der Waals surface area (Å²) in [6.45, 7) is 1.94. The Balaban J connectivity index is 1.53. The number of hydrogen-bond acceptors (Lipinski definition) is 5. The molecule has 6 nitrogen and oxygen atoms in total. The van der Waals surface area contributed by atoms with Gasteiger partial charge in [-0.05, 0) is 47.9 Å². The topological polar surface area (TPSA) is 72.7 Å². The van der Waals surface area contributed by atoms with Crippen molar-refractivity contribution in [2.75, 3.05) is 5.75 Å². The largest absolute Gasteiger partial charge is 0.349 e. The van der Waals surface area contributed by atoms with E-state index < -0.39 is 0 Å². The van der Waals surface area contributed by atoms with Gasteiger partial charge < -0.3 is 5.32 Å². The van der Waals surface area contributed by atoms with Gasteiger partial charge in [-0.25, -0.2) is 4.68 Å². The van der Waals surface area contributed by atoms with Gasteiger partial charge in [-0.15, -0.1) is 5.10 Å². The van der Waals surface area contributed by atoms with Crippen molar-refractivity contribution in [2.45, 2.75) is 56.3 Å². The van der Waals surface area contributed by atoms with Crippen LogP contribution in [0.25, 0.3) is 0 Å². The maximum Gasteiger partial charge on any atom is 0.230 e. The molecule has 25 heavy (non-hydrogen) atoms. The number of halogens is 1. The number of carbonyl (C=O) groups excluding carboxylic acids is 1. The van der Waals surface area contributed by atoms with Crippen molar-refractivity contribution in [3.8, 4) is 0 Å². The van der Waals surface area contributed by atoms with E-state index >= 15 is 0 Å². The van der Waals surface area contributed by atoms with E-state index in [9.17, 15) is 4.79 Å². The minimum absolute atomic E-state index is 0.0457. The Bertz CT molecular complexity index is 717. The van der Waals surface area contributed by atoms with Crippen molar-refractivity contribution in [1.82, 2.24) is 25.5 Å². The highest BCUT2D eigenvalue weighted by molar-refractivity contribution is 7.99. The maximum atomic E-state index is 12.3. The van der Waals surface area contributed by atoms with E-state index in [1.807, 2.05) is 35.9 Å². The first-order chi connectivity index (χ1) is 12.1. The molecule has 1 saturated carbocycles. The number of amides is 1. The predicted molar refractivity (Wildman–Crippen MR) is 98.7 cm³/mol. The summed E-state index contributed by atoms with van der Waals surface area (Å²) in [5.41, 5.74) is 0.984. The Labute approximate surface area is 156 Å². The van der Waals surface area contributed by atoms with Crippen molar-refractivity contribution in [2.24, 2.45) is 0 Å². The number of benzene rings is 1. The van der Waals surface area contributed by atoms with Crippen LogP contribution < -0.4 is 5.32 Å². The molecule has 1 atom stereocenters. The van der Waals surface area contributed by atoms with Gasteiger partial charge in [0.1, 0.15) is 0 Å². The fourth-order valence-electron chi connectivity index (χ4n) is 3.11. The van der Waals surface area contributed by atoms with Gasteiger partial charge in [-0.3, -0.25) is 4.79 Å². The standard InChI is InChI=1S/C17H22ClN5OS/c1-12(13-6-5-7-14(18)10-13)19-16(24)11-25-17-20-21-22-23(17)15-8-3-2-4-9-15/h5-7,10,12,15H,2-4,8-9,11H2,1H3,(H,19,24). The van der Waals surface area contributed by atoms with Crippen LogP contribution in [0.5, 0.6) is 0 Å². The second-order valence-corrected chi connectivity index (χ2v) is 7.71. The van der Waals surface area contributed by atoms with Crippen molar-refractivity contribution < 1.29 is 4.79 Å². The fourth-order valence-corrected chi connectivity index (χ4v) is 4.06. The molecule has 0 bridgehead atoms. The summed E-state index contributed by atoms with van der Waals surface area (Å²) in [5.74, 6) is 0.244. The molecular formula is C17H22ClN5OS. The molecular weight excluding hydrogens is 358 g/mol. The Morgan fingerprint density at radius 1 is 1.40 bits per heavy atom. The molecule has 1 heterocycles. The molecule has 1 N–H and O–H groups in total. The Morgan fingerprint density at radius 2 is 2.20 bits per heavy atom. The van der Waals surface area contributed by atoms with E-state index in [4.69, 9.17) is 11.6 Å². The summed E-state index contributed by atoms with van der Waals surface area (Å²) in [6.07, 6.45) is 5.93. The average Bonchev–Trinajstić information content (AvgIpc) is 3.09. The van der Waals surface area contributed by atoms with Gasteiger partial charge in [0, 0.05) is 5.02 Å². The van der Waals surface area contributed by atoms with Crippen LogP contribution in [0.3, 0.4) is 0 Å². The summed E-state index contributed by atoms with van der Waals surface area (Å²) < 4.78 is 1.89. The first kappa shape index (κ1) is 18.2. The number of hydrogen-bond donors (Lipinski definition) is 1. The van der Waals surface area contributed by atoms with E-state index in [2.05, 4.69) is 20.8 Å². The quantitative estimate of drug-likeness (QED) is 0.773. The van der Waals surface area contributed by atoms with Crippen LogP contribution in [0, 0.1) is 0 Å². The monoisotopic (exact) mass is 379 g/mol. The third kappa shape index (κ3) is 4.95. The summed E-state index contributed by atoms with van der Waals surface area (Å²) in [5, 5.41) is 16.4. The molecule has 1 aliphatic carbocycles. The van der Waals surface area contributed by atoms with Crippen molar-refractivity contribution in [1.29, 1.82) is 0 Å². The highest BCUT2D eigenvalue weighted by Gasteiger charge is 2.21. The molecule has 2 aromatic rings. The van der Waals surface area contributed by atoms with Crippen LogP contribution in [0.2, 0.25) is 5.02 Å². The van der Waals surface area contributed by atoms with Gasteiger partial charge in [0.2, 0.25) is 11.1 Å². The zero-order valence-electron chi connectivity index (χ0n) is 14.2. The molecule has 0 saturated heterocycles. The van der Waals surface area contributed by atoms with E-state index in [-0.39, 0.29) is 17.7 Å². The zero-order valence-corrected chi connectivity index (χ0v) is 15.8. The Kier molecular flexibility index (Phi) is 6.31. The number of thioether (sulfide) groups is 1. The van der Waals surface area contributed by atoms with Gasteiger partial charge >= 0.3 is 0 Å². The second kappa shape index (κ2) is 8.67. The lowest BCUT2D eigenvalue weighted by Crippen LogP contribution is -2.28. The van der Waals surface area contributed by atoms with E-state index in [1.165, 1.54) is 31.0 Å². The molecule has 1 aliphatic rings. The van der Waals surface area contributed by atoms with Gasteiger partial charge in [0.05, 0.1) is 17.8 Å². The van der Waals surface area contributed by atoms with Crippen LogP contribution in [0.15, 0.2) is 29.4 Å². The number of rotatable bonds is 6. The van der Waals surface area contributed by atoms with Gasteiger partial charge in [0.25, 0.3) is 0 Å². The van der Waals surface area contributed by atoms with Gasteiger partial charge in [0.15, 0.2) is 0 Å². The van der Waals surface area contributed by atoms with E-state index in [0.29, 0.717) is 11.1 Å². The normalized spacial score (nSPS) is 16.6. The third-order valence-electron chi connectivity index (χ3n) is 4.44. The van der Waals surface area contributed by atoms with Crippen LogP contribution in [-0.2, 0) is 4.79 Å². The first-order valence-corrected chi connectivity index (χ1v) is 9.95. The lowest BCUT2D eigenvalue weighted by atomic mass is 9.96. The molecule has 3 rings (SSSR count). The third-order valence-corrected chi connectivity index (χ3v) is 5.61. The first-order valence-electron chi connectivity index (χ1n) is 8.59. The highest BCUT2D eigenvalue weighted by atomic mass is 35.5. The maximum absolute atomic E-state index is 12.3. The number of aromatic nitrogens is 4. The molecule has 1 aromatic heterocycles. The zero-order chi connectivity index (χ0) is 17.6. The molecule has 1 unspecified atom stereocenters. The molecule has 134 valence electrons. The molecule has 1 fully saturated rings. The molecule has 0 radical (unpaired) electrons. The lowest BCUT2D eigenvalue weighted by molar-refractivity contribution is -0.119. The minimum atomic E-state index is -0.0962. The van der Waals surface area contributed by atoms with Gasteiger partial charge in [-0.1, -0.05) is 54.8 Å². The molecule has 1 aromatic carbocycles. The van der Waals surface area contributed by atoms with Crippen LogP contribution in [-0.4, -0.2) is 31.9 Å².